The minimum Gasteiger partial charge on any atom is -0.450 e. The van der Waals surface area contributed by atoms with Crippen LogP contribution in [0.25, 0.3) is 0 Å². The normalized spacial score (nSPS) is 14.0. The van der Waals surface area contributed by atoms with Gasteiger partial charge in [0.25, 0.3) is 11.8 Å². The SMILES string of the molecule is CC[C@@H](OC(=O)c1ccc2c(c1)C(=O)N(c1cc(C(F)(F)F)ccc1Cl)C2=O)C(=O)c1ccccc1. The molecule has 4 rings (SSSR count). The molecule has 6 nitrogen and oxygen atoms in total. The molecule has 1 aliphatic heterocycles. The van der Waals surface area contributed by atoms with E-state index >= 15 is 0 Å². The molecule has 36 heavy (non-hydrogen) atoms. The Morgan fingerprint density at radius 1 is 0.917 bits per heavy atom. The molecule has 1 heterocycles. The van der Waals surface area contributed by atoms with Gasteiger partial charge < -0.3 is 4.74 Å². The molecule has 0 saturated carbocycles. The predicted molar refractivity (Wildman–Crippen MR) is 124 cm³/mol. The molecule has 0 spiro atoms. The minimum absolute atomic E-state index is 0.105. The van der Waals surface area contributed by atoms with Crippen LogP contribution in [-0.4, -0.2) is 29.7 Å². The van der Waals surface area contributed by atoms with Crippen molar-refractivity contribution in [2.24, 2.45) is 0 Å². The third kappa shape index (κ3) is 4.61. The van der Waals surface area contributed by atoms with E-state index in [2.05, 4.69) is 0 Å². The van der Waals surface area contributed by atoms with E-state index in [1.54, 1.807) is 37.3 Å². The van der Waals surface area contributed by atoms with Gasteiger partial charge in [-0.2, -0.15) is 13.2 Å². The number of carbonyl (C=O) groups is 4. The smallest absolute Gasteiger partial charge is 0.416 e. The number of carbonyl (C=O) groups excluding carboxylic acids is 4. The highest BCUT2D eigenvalue weighted by Crippen LogP contribution is 2.38. The highest BCUT2D eigenvalue weighted by Gasteiger charge is 2.40. The van der Waals surface area contributed by atoms with Crippen LogP contribution in [0.4, 0.5) is 18.9 Å². The third-order valence-electron chi connectivity index (χ3n) is 5.61. The van der Waals surface area contributed by atoms with Crippen molar-refractivity contribution in [3.63, 3.8) is 0 Å². The summed E-state index contributed by atoms with van der Waals surface area (Å²) in [6, 6.07) is 14.1. The Morgan fingerprint density at radius 2 is 1.58 bits per heavy atom. The summed E-state index contributed by atoms with van der Waals surface area (Å²) in [5, 5.41) is -0.234. The molecule has 0 saturated heterocycles. The Morgan fingerprint density at radius 3 is 2.22 bits per heavy atom. The number of benzene rings is 3. The van der Waals surface area contributed by atoms with E-state index in [4.69, 9.17) is 16.3 Å². The van der Waals surface area contributed by atoms with Crippen LogP contribution in [0.2, 0.25) is 5.02 Å². The lowest BCUT2D eigenvalue weighted by Crippen LogP contribution is -2.30. The van der Waals surface area contributed by atoms with Gasteiger partial charge in [-0.05, 0) is 42.8 Å². The summed E-state index contributed by atoms with van der Waals surface area (Å²) in [5.41, 5.74) is -1.58. The van der Waals surface area contributed by atoms with Crippen LogP contribution in [-0.2, 0) is 10.9 Å². The van der Waals surface area contributed by atoms with Crippen LogP contribution in [0.15, 0.2) is 66.7 Å². The lowest BCUT2D eigenvalue weighted by atomic mass is 10.0. The zero-order valence-electron chi connectivity index (χ0n) is 18.6. The van der Waals surface area contributed by atoms with E-state index in [1.807, 2.05) is 0 Å². The average Bonchev–Trinajstić information content (AvgIpc) is 3.11. The number of esters is 1. The summed E-state index contributed by atoms with van der Waals surface area (Å²) in [5.74, 6) is -3.13. The monoisotopic (exact) mass is 515 g/mol. The molecule has 3 aromatic carbocycles. The molecule has 0 aliphatic carbocycles. The fourth-order valence-electron chi connectivity index (χ4n) is 3.75. The molecule has 0 aromatic heterocycles. The van der Waals surface area contributed by atoms with Crippen molar-refractivity contribution in [3.05, 3.63) is 99.6 Å². The van der Waals surface area contributed by atoms with Crippen molar-refractivity contribution >= 4 is 40.9 Å². The number of ketones is 1. The second-order valence-corrected chi connectivity index (χ2v) is 8.31. The zero-order chi connectivity index (χ0) is 26.2. The average molecular weight is 516 g/mol. The summed E-state index contributed by atoms with van der Waals surface area (Å²) in [6.07, 6.45) is -5.60. The van der Waals surface area contributed by atoms with Gasteiger partial charge in [-0.1, -0.05) is 48.9 Å². The number of halogens is 4. The molecule has 0 bridgehead atoms. The second-order valence-electron chi connectivity index (χ2n) is 7.90. The van der Waals surface area contributed by atoms with Crippen molar-refractivity contribution in [1.29, 1.82) is 0 Å². The van der Waals surface area contributed by atoms with Crippen LogP contribution in [0, 0.1) is 0 Å². The largest absolute Gasteiger partial charge is 0.450 e. The van der Waals surface area contributed by atoms with Crippen molar-refractivity contribution in [2.45, 2.75) is 25.6 Å². The van der Waals surface area contributed by atoms with Gasteiger partial charge in [0.1, 0.15) is 0 Å². The lowest BCUT2D eigenvalue weighted by molar-refractivity contribution is -0.137. The molecule has 2 amide bonds. The van der Waals surface area contributed by atoms with Gasteiger partial charge in [-0.25, -0.2) is 9.69 Å². The zero-order valence-corrected chi connectivity index (χ0v) is 19.4. The van der Waals surface area contributed by atoms with E-state index < -0.39 is 47.1 Å². The van der Waals surface area contributed by atoms with E-state index in [0.717, 1.165) is 18.2 Å². The molecule has 0 radical (unpaired) electrons. The molecule has 0 fully saturated rings. The first kappa shape index (κ1) is 25.1. The quantitative estimate of drug-likeness (QED) is 0.229. The maximum absolute atomic E-state index is 13.2. The van der Waals surface area contributed by atoms with Gasteiger partial charge in [0.05, 0.1) is 33.0 Å². The number of anilines is 1. The first-order valence-corrected chi connectivity index (χ1v) is 11.1. The molecule has 0 unspecified atom stereocenters. The van der Waals surface area contributed by atoms with Gasteiger partial charge >= 0.3 is 12.1 Å². The maximum Gasteiger partial charge on any atom is 0.416 e. The molecule has 3 aromatic rings. The number of hydrogen-bond donors (Lipinski definition) is 0. The summed E-state index contributed by atoms with van der Waals surface area (Å²) in [4.78, 5) is 51.9. The van der Waals surface area contributed by atoms with E-state index in [0.29, 0.717) is 16.5 Å². The number of rotatable bonds is 6. The highest BCUT2D eigenvalue weighted by molar-refractivity contribution is 6.40. The number of hydrogen-bond acceptors (Lipinski definition) is 5. The predicted octanol–water partition coefficient (Wildman–Crippen LogP) is 5.98. The number of fused-ring (bicyclic) bond motifs is 1. The number of ether oxygens (including phenoxy) is 1. The number of amides is 2. The summed E-state index contributed by atoms with van der Waals surface area (Å²) >= 11 is 6.02. The standard InChI is InChI=1S/C26H17ClF3NO5/c1-2-21(22(32)14-6-4-3-5-7-14)36-25(35)15-8-10-17-18(12-15)24(34)31(23(17)33)20-13-16(26(28,29)30)9-11-19(20)27/h3-13,21H,2H2,1H3/t21-/m1/s1. The molecule has 184 valence electrons. The van der Waals surface area contributed by atoms with Crippen LogP contribution in [0.1, 0.15) is 60.3 Å². The number of imide groups is 1. The fraction of sp³-hybridized carbons (Fsp3) is 0.154. The van der Waals surface area contributed by atoms with E-state index in [-0.39, 0.29) is 28.1 Å². The molecule has 0 N–H and O–H groups in total. The van der Waals surface area contributed by atoms with Crippen LogP contribution >= 0.6 is 11.6 Å². The first-order valence-electron chi connectivity index (χ1n) is 10.7. The van der Waals surface area contributed by atoms with Crippen LogP contribution in [0.5, 0.6) is 0 Å². The van der Waals surface area contributed by atoms with E-state index in [1.165, 1.54) is 12.1 Å². The Balaban J connectivity index is 1.61. The van der Waals surface area contributed by atoms with Crippen LogP contribution < -0.4 is 4.90 Å². The van der Waals surface area contributed by atoms with Crippen molar-refractivity contribution in [1.82, 2.24) is 0 Å². The number of nitrogens with zero attached hydrogens (tertiary/aromatic N) is 1. The maximum atomic E-state index is 13.2. The Labute approximate surface area is 208 Å². The Bertz CT molecular complexity index is 1390. The summed E-state index contributed by atoms with van der Waals surface area (Å²) in [7, 11) is 0. The molecular formula is C26H17ClF3NO5. The number of Topliss-reactive ketones (excluding diaryl/α,β-unsaturated/α-hetero) is 1. The van der Waals surface area contributed by atoms with Gasteiger partial charge in [-0.3, -0.25) is 14.4 Å². The lowest BCUT2D eigenvalue weighted by Gasteiger charge is -2.17. The molecule has 1 atom stereocenters. The minimum atomic E-state index is -4.72. The van der Waals surface area contributed by atoms with E-state index in [9.17, 15) is 32.3 Å². The highest BCUT2D eigenvalue weighted by atomic mass is 35.5. The summed E-state index contributed by atoms with van der Waals surface area (Å²) in [6.45, 7) is 1.67. The van der Waals surface area contributed by atoms with Gasteiger partial charge in [0.2, 0.25) is 5.78 Å². The van der Waals surface area contributed by atoms with Gasteiger partial charge in [-0.15, -0.1) is 0 Å². The Kier molecular flexibility index (Phi) is 6.69. The van der Waals surface area contributed by atoms with Crippen LogP contribution in [0.3, 0.4) is 0 Å². The second kappa shape index (κ2) is 9.58. The van der Waals surface area contributed by atoms with Crippen molar-refractivity contribution in [2.75, 3.05) is 4.90 Å². The van der Waals surface area contributed by atoms with Gasteiger partial charge in [0, 0.05) is 5.56 Å². The molecule has 1 aliphatic rings. The Hall–Kier alpha value is -3.98. The third-order valence-corrected chi connectivity index (χ3v) is 5.93. The van der Waals surface area contributed by atoms with Gasteiger partial charge in [0.15, 0.2) is 6.10 Å². The molecule has 10 heteroatoms. The molecular weight excluding hydrogens is 499 g/mol. The number of alkyl halides is 3. The summed E-state index contributed by atoms with van der Waals surface area (Å²) < 4.78 is 44.9. The van der Waals surface area contributed by atoms with Crippen molar-refractivity contribution < 1.29 is 37.1 Å². The van der Waals surface area contributed by atoms with Crippen molar-refractivity contribution in [3.8, 4) is 0 Å². The first-order chi connectivity index (χ1) is 17.0. The fourth-order valence-corrected chi connectivity index (χ4v) is 3.96. The topological polar surface area (TPSA) is 80.8 Å².